The lowest BCUT2D eigenvalue weighted by atomic mass is 10.0. The van der Waals surface area contributed by atoms with Crippen LogP contribution in [-0.2, 0) is 30.3 Å². The molecule has 26 heavy (non-hydrogen) atoms. The van der Waals surface area contributed by atoms with Crippen LogP contribution in [0.1, 0.15) is 39.2 Å². The van der Waals surface area contributed by atoms with E-state index in [2.05, 4.69) is 5.32 Å². The van der Waals surface area contributed by atoms with E-state index in [0.717, 1.165) is 5.56 Å². The average Bonchev–Trinajstić information content (AvgIpc) is 2.85. The Morgan fingerprint density at radius 2 is 1.92 bits per heavy atom. The standard InChI is InChI=1S/C19H25NO6/c1-4-23-16(21)19-10-14(15(11-19)25-18(2,3)26-19)20-17(22)24-12-13-8-6-5-7-9-13/h5-9,14-15H,4,10-12H2,1-3H3,(H,20,22)/t14-,15?,19-/m0/s1. The maximum atomic E-state index is 12.5. The Balaban J connectivity index is 1.63. The third-order valence-corrected chi connectivity index (χ3v) is 4.57. The predicted octanol–water partition coefficient (Wildman–Crippen LogP) is 2.53. The minimum Gasteiger partial charge on any atom is -0.464 e. The van der Waals surface area contributed by atoms with E-state index >= 15 is 0 Å². The topological polar surface area (TPSA) is 83.1 Å². The minimum absolute atomic E-state index is 0.177. The quantitative estimate of drug-likeness (QED) is 0.810. The molecule has 1 saturated carbocycles. The molecule has 7 nitrogen and oxygen atoms in total. The van der Waals surface area contributed by atoms with Gasteiger partial charge in [-0.2, -0.15) is 0 Å². The number of amides is 1. The SMILES string of the molecule is CCOC(=O)[C@]12CC(OC(C)(C)O1)[C@@H](NC(=O)OCc1ccccc1)C2. The number of carbonyl (C=O) groups excluding carboxylic acids is 2. The number of ether oxygens (including phenoxy) is 4. The molecule has 1 amide bonds. The van der Waals surface area contributed by atoms with Gasteiger partial charge in [0.05, 0.1) is 18.8 Å². The van der Waals surface area contributed by atoms with E-state index in [0.29, 0.717) is 12.8 Å². The summed E-state index contributed by atoms with van der Waals surface area (Å²) in [5, 5.41) is 2.81. The first-order valence-corrected chi connectivity index (χ1v) is 8.86. The summed E-state index contributed by atoms with van der Waals surface area (Å²) in [5.41, 5.74) is -0.198. The van der Waals surface area contributed by atoms with Crippen molar-refractivity contribution in [3.63, 3.8) is 0 Å². The van der Waals surface area contributed by atoms with E-state index in [9.17, 15) is 9.59 Å². The number of benzene rings is 1. The molecule has 7 heteroatoms. The second kappa shape index (κ2) is 7.25. The van der Waals surface area contributed by atoms with Crippen LogP contribution >= 0.6 is 0 Å². The Hall–Kier alpha value is -2.12. The van der Waals surface area contributed by atoms with Crippen molar-refractivity contribution in [2.75, 3.05) is 6.61 Å². The van der Waals surface area contributed by atoms with Gasteiger partial charge in [0.1, 0.15) is 6.61 Å². The van der Waals surface area contributed by atoms with E-state index in [1.165, 1.54) is 0 Å². The van der Waals surface area contributed by atoms with Crippen molar-refractivity contribution in [2.45, 2.75) is 63.8 Å². The molecule has 0 aromatic heterocycles. The number of fused-ring (bicyclic) bond motifs is 2. The molecule has 1 aromatic carbocycles. The molecular formula is C19H25NO6. The first-order valence-electron chi connectivity index (χ1n) is 8.86. The van der Waals surface area contributed by atoms with Crippen molar-refractivity contribution in [2.24, 2.45) is 0 Å². The number of hydrogen-bond donors (Lipinski definition) is 1. The fourth-order valence-electron chi connectivity index (χ4n) is 3.63. The second-order valence-electron chi connectivity index (χ2n) is 7.09. The minimum atomic E-state index is -1.10. The monoisotopic (exact) mass is 363 g/mol. The lowest BCUT2D eigenvalue weighted by Crippen LogP contribution is -2.52. The molecule has 1 aromatic rings. The highest BCUT2D eigenvalue weighted by atomic mass is 16.7. The molecular weight excluding hydrogens is 338 g/mol. The first kappa shape index (κ1) is 18.7. The Labute approximate surface area is 152 Å². The first-order chi connectivity index (χ1) is 12.3. The van der Waals surface area contributed by atoms with Gasteiger partial charge in [-0.25, -0.2) is 9.59 Å². The number of nitrogens with one attached hydrogen (secondary N) is 1. The third-order valence-electron chi connectivity index (χ3n) is 4.57. The zero-order valence-corrected chi connectivity index (χ0v) is 15.3. The molecule has 2 aliphatic rings. The number of alkyl carbamates (subject to hydrolysis) is 1. The molecule has 1 saturated heterocycles. The van der Waals surface area contributed by atoms with E-state index < -0.39 is 23.5 Å². The number of rotatable bonds is 5. The maximum absolute atomic E-state index is 12.5. The van der Waals surface area contributed by atoms with E-state index in [-0.39, 0.29) is 25.4 Å². The van der Waals surface area contributed by atoms with Crippen LogP contribution in [0.4, 0.5) is 4.79 Å². The lowest BCUT2D eigenvalue weighted by molar-refractivity contribution is -0.309. The Bertz CT molecular complexity index is 661. The molecule has 1 aliphatic heterocycles. The highest BCUT2D eigenvalue weighted by molar-refractivity contribution is 5.81. The van der Waals surface area contributed by atoms with Crippen LogP contribution in [0.5, 0.6) is 0 Å². The highest BCUT2D eigenvalue weighted by Gasteiger charge is 2.60. The van der Waals surface area contributed by atoms with Crippen molar-refractivity contribution < 1.29 is 28.5 Å². The maximum Gasteiger partial charge on any atom is 0.407 e. The van der Waals surface area contributed by atoms with Crippen molar-refractivity contribution >= 4 is 12.1 Å². The third kappa shape index (κ3) is 3.99. The summed E-state index contributed by atoms with van der Waals surface area (Å²) in [6.07, 6.45) is -0.251. The van der Waals surface area contributed by atoms with Gasteiger partial charge >= 0.3 is 12.1 Å². The van der Waals surface area contributed by atoms with Gasteiger partial charge in [-0.1, -0.05) is 30.3 Å². The van der Waals surface area contributed by atoms with Crippen LogP contribution in [-0.4, -0.2) is 42.2 Å². The zero-order chi connectivity index (χ0) is 18.8. The molecule has 0 spiro atoms. The van der Waals surface area contributed by atoms with Gasteiger partial charge in [-0.05, 0) is 26.3 Å². The molecule has 2 fully saturated rings. The number of hydrogen-bond acceptors (Lipinski definition) is 6. The summed E-state index contributed by atoms with van der Waals surface area (Å²) >= 11 is 0. The largest absolute Gasteiger partial charge is 0.464 e. The van der Waals surface area contributed by atoms with Gasteiger partial charge in [0.25, 0.3) is 0 Å². The summed E-state index contributed by atoms with van der Waals surface area (Å²) in [6.45, 7) is 5.71. The summed E-state index contributed by atoms with van der Waals surface area (Å²) in [6, 6.07) is 9.04. The van der Waals surface area contributed by atoms with E-state index in [4.69, 9.17) is 18.9 Å². The van der Waals surface area contributed by atoms with Gasteiger partial charge in [-0.15, -0.1) is 0 Å². The molecule has 142 valence electrons. The van der Waals surface area contributed by atoms with Gasteiger partial charge < -0.3 is 24.3 Å². The molecule has 1 unspecified atom stereocenters. The predicted molar refractivity (Wildman–Crippen MR) is 92.2 cm³/mol. The van der Waals surface area contributed by atoms with E-state index in [1.807, 2.05) is 30.3 Å². The Morgan fingerprint density at radius 3 is 2.62 bits per heavy atom. The fourth-order valence-corrected chi connectivity index (χ4v) is 3.63. The van der Waals surface area contributed by atoms with Crippen LogP contribution in [0.15, 0.2) is 30.3 Å². The molecule has 1 heterocycles. The van der Waals surface area contributed by atoms with Crippen molar-refractivity contribution in [3.05, 3.63) is 35.9 Å². The van der Waals surface area contributed by atoms with Gasteiger partial charge in [0.15, 0.2) is 11.4 Å². The van der Waals surface area contributed by atoms with Gasteiger partial charge in [-0.3, -0.25) is 0 Å². The Kier molecular flexibility index (Phi) is 5.20. The molecule has 1 N–H and O–H groups in total. The summed E-state index contributed by atoms with van der Waals surface area (Å²) in [4.78, 5) is 24.6. The van der Waals surface area contributed by atoms with Crippen molar-refractivity contribution in [3.8, 4) is 0 Å². The molecule has 3 rings (SSSR count). The smallest absolute Gasteiger partial charge is 0.407 e. The number of carbonyl (C=O) groups is 2. The van der Waals surface area contributed by atoms with Crippen LogP contribution < -0.4 is 5.32 Å². The summed E-state index contributed by atoms with van der Waals surface area (Å²) in [7, 11) is 0. The lowest BCUT2D eigenvalue weighted by Gasteiger charge is -2.41. The molecule has 1 aliphatic carbocycles. The van der Waals surface area contributed by atoms with Crippen LogP contribution in [0.25, 0.3) is 0 Å². The highest BCUT2D eigenvalue weighted by Crippen LogP contribution is 2.45. The summed E-state index contributed by atoms with van der Waals surface area (Å²) < 4.78 is 22.3. The van der Waals surface area contributed by atoms with Crippen LogP contribution in [0.3, 0.4) is 0 Å². The zero-order valence-electron chi connectivity index (χ0n) is 15.3. The van der Waals surface area contributed by atoms with Crippen molar-refractivity contribution in [1.29, 1.82) is 0 Å². The second-order valence-corrected chi connectivity index (χ2v) is 7.09. The summed E-state index contributed by atoms with van der Waals surface area (Å²) in [5.74, 6) is -1.34. The average molecular weight is 363 g/mol. The van der Waals surface area contributed by atoms with Crippen molar-refractivity contribution in [1.82, 2.24) is 5.32 Å². The normalized spacial score (nSPS) is 29.0. The fraction of sp³-hybridized carbons (Fsp3) is 0.579. The Morgan fingerprint density at radius 1 is 1.19 bits per heavy atom. The molecule has 2 bridgehead atoms. The molecule has 3 atom stereocenters. The number of esters is 1. The molecule has 0 radical (unpaired) electrons. The van der Waals surface area contributed by atoms with Crippen LogP contribution in [0, 0.1) is 0 Å². The van der Waals surface area contributed by atoms with Crippen LogP contribution in [0.2, 0.25) is 0 Å². The van der Waals surface area contributed by atoms with Gasteiger partial charge in [0.2, 0.25) is 0 Å². The van der Waals surface area contributed by atoms with Gasteiger partial charge in [0, 0.05) is 12.8 Å². The van der Waals surface area contributed by atoms with E-state index in [1.54, 1.807) is 20.8 Å².